The number of benzene rings is 3. The zero-order valence-corrected chi connectivity index (χ0v) is 18.4. The van der Waals surface area contributed by atoms with E-state index < -0.39 is 0 Å². The molecule has 0 saturated carbocycles. The fraction of sp³-hybridized carbons (Fsp3) is 0.143. The van der Waals surface area contributed by atoms with Crippen molar-refractivity contribution in [2.45, 2.75) is 19.9 Å². The van der Waals surface area contributed by atoms with E-state index in [1.54, 1.807) is 12.1 Å². The van der Waals surface area contributed by atoms with Gasteiger partial charge < -0.3 is 14.6 Å². The maximum Gasteiger partial charge on any atom is 0.255 e. The van der Waals surface area contributed by atoms with Crippen LogP contribution in [0.3, 0.4) is 0 Å². The Kier molecular flexibility index (Phi) is 5.53. The molecule has 5 rings (SSSR count). The molecule has 0 aliphatic carbocycles. The second-order valence-electron chi connectivity index (χ2n) is 8.30. The van der Waals surface area contributed by atoms with Crippen molar-refractivity contribution in [2.24, 2.45) is 0 Å². The summed E-state index contributed by atoms with van der Waals surface area (Å²) >= 11 is 0. The van der Waals surface area contributed by atoms with Gasteiger partial charge in [0.05, 0.1) is 0 Å². The van der Waals surface area contributed by atoms with Crippen molar-refractivity contribution >= 4 is 17.5 Å². The highest BCUT2D eigenvalue weighted by Crippen LogP contribution is 2.31. The average molecular weight is 437 g/mol. The molecule has 0 radical (unpaired) electrons. The van der Waals surface area contributed by atoms with Crippen molar-refractivity contribution in [1.82, 2.24) is 4.90 Å². The van der Waals surface area contributed by atoms with Gasteiger partial charge in [0.15, 0.2) is 0 Å². The average Bonchev–Trinajstić information content (AvgIpc) is 3.28. The van der Waals surface area contributed by atoms with Gasteiger partial charge in [-0.2, -0.15) is 0 Å². The Labute approximate surface area is 192 Å². The highest BCUT2D eigenvalue weighted by molar-refractivity contribution is 6.04. The normalized spacial score (nSPS) is 12.8. The van der Waals surface area contributed by atoms with E-state index in [1.165, 1.54) is 0 Å². The minimum absolute atomic E-state index is 0.0469. The topological polar surface area (TPSA) is 62.6 Å². The van der Waals surface area contributed by atoms with Gasteiger partial charge in [0.2, 0.25) is 0 Å². The van der Waals surface area contributed by atoms with Gasteiger partial charge >= 0.3 is 0 Å². The number of fused-ring (bicyclic) bond motifs is 1. The van der Waals surface area contributed by atoms with Crippen molar-refractivity contribution in [2.75, 3.05) is 11.9 Å². The minimum Gasteiger partial charge on any atom is -0.461 e. The Morgan fingerprint density at radius 1 is 0.879 bits per heavy atom. The van der Waals surface area contributed by atoms with Gasteiger partial charge in [-0.1, -0.05) is 35.9 Å². The summed E-state index contributed by atoms with van der Waals surface area (Å²) in [6.07, 6.45) is 0.693. The number of rotatable bonds is 4. The quantitative estimate of drug-likeness (QED) is 0.446. The molecule has 1 aromatic heterocycles. The van der Waals surface area contributed by atoms with E-state index in [2.05, 4.69) is 5.32 Å². The van der Waals surface area contributed by atoms with Crippen LogP contribution in [0.1, 0.15) is 37.6 Å². The molecule has 1 aliphatic heterocycles. The lowest BCUT2D eigenvalue weighted by atomic mass is 10.1. The Bertz CT molecular complexity index is 1310. The number of nitrogens with one attached hydrogen (secondary N) is 1. The molecule has 2 heterocycles. The standard InChI is InChI=1S/C28H24N2O3/c1-19-6-5-9-22(16-19)28(32)30-15-14-25-23(18-30)17-26(33-25)20-10-12-24(13-11-20)29-27(31)21-7-3-2-4-8-21/h2-13,16-17H,14-15,18H2,1H3,(H,29,31). The Balaban J connectivity index is 1.28. The van der Waals surface area contributed by atoms with Crippen molar-refractivity contribution in [3.63, 3.8) is 0 Å². The molecule has 33 heavy (non-hydrogen) atoms. The summed E-state index contributed by atoms with van der Waals surface area (Å²) in [7, 11) is 0. The Hall–Kier alpha value is -4.12. The lowest BCUT2D eigenvalue weighted by Crippen LogP contribution is -2.35. The van der Waals surface area contributed by atoms with E-state index >= 15 is 0 Å². The summed E-state index contributed by atoms with van der Waals surface area (Å²) in [6.45, 7) is 3.17. The third-order valence-electron chi connectivity index (χ3n) is 5.88. The van der Waals surface area contributed by atoms with E-state index in [1.807, 2.05) is 84.6 Å². The molecular weight excluding hydrogens is 412 g/mol. The number of nitrogens with zero attached hydrogens (tertiary/aromatic N) is 1. The van der Waals surface area contributed by atoms with Gasteiger partial charge in [0.25, 0.3) is 11.8 Å². The molecule has 1 N–H and O–H groups in total. The maximum absolute atomic E-state index is 12.9. The first-order valence-electron chi connectivity index (χ1n) is 11.0. The molecule has 0 atom stereocenters. The number of amides is 2. The van der Waals surface area contributed by atoms with Crippen molar-refractivity contribution in [3.8, 4) is 11.3 Å². The van der Waals surface area contributed by atoms with Gasteiger partial charge in [0, 0.05) is 47.5 Å². The molecule has 0 saturated heterocycles. The van der Waals surface area contributed by atoms with Crippen LogP contribution in [-0.4, -0.2) is 23.3 Å². The first kappa shape index (κ1) is 20.8. The molecular formula is C28H24N2O3. The van der Waals surface area contributed by atoms with Gasteiger partial charge in [-0.3, -0.25) is 9.59 Å². The molecule has 4 aromatic rings. The molecule has 0 bridgehead atoms. The van der Waals surface area contributed by atoms with Gasteiger partial charge in [-0.05, 0) is 61.5 Å². The predicted molar refractivity (Wildman–Crippen MR) is 128 cm³/mol. The second-order valence-corrected chi connectivity index (χ2v) is 8.30. The molecule has 5 nitrogen and oxygen atoms in total. The van der Waals surface area contributed by atoms with Gasteiger partial charge in [0.1, 0.15) is 11.5 Å². The molecule has 0 spiro atoms. The lowest BCUT2D eigenvalue weighted by molar-refractivity contribution is 0.0729. The molecule has 1 aliphatic rings. The summed E-state index contributed by atoms with van der Waals surface area (Å²) in [4.78, 5) is 27.1. The third kappa shape index (κ3) is 4.44. The van der Waals surface area contributed by atoms with Crippen molar-refractivity contribution in [3.05, 3.63) is 113 Å². The molecule has 2 amide bonds. The van der Waals surface area contributed by atoms with Crippen LogP contribution in [-0.2, 0) is 13.0 Å². The molecule has 0 fully saturated rings. The summed E-state index contributed by atoms with van der Waals surface area (Å²) < 4.78 is 6.11. The monoisotopic (exact) mass is 436 g/mol. The first-order chi connectivity index (χ1) is 16.1. The van der Waals surface area contributed by atoms with Crippen LogP contribution in [0, 0.1) is 6.92 Å². The maximum atomic E-state index is 12.9. The Morgan fingerprint density at radius 3 is 2.39 bits per heavy atom. The van der Waals surface area contributed by atoms with Crippen LogP contribution in [0.4, 0.5) is 5.69 Å². The minimum atomic E-state index is -0.143. The number of carbonyl (C=O) groups is 2. The smallest absolute Gasteiger partial charge is 0.255 e. The van der Waals surface area contributed by atoms with E-state index in [0.717, 1.165) is 39.5 Å². The van der Waals surface area contributed by atoms with Crippen molar-refractivity contribution in [1.29, 1.82) is 0 Å². The fourth-order valence-corrected chi connectivity index (χ4v) is 4.12. The highest BCUT2D eigenvalue weighted by Gasteiger charge is 2.25. The zero-order chi connectivity index (χ0) is 22.8. The summed E-state index contributed by atoms with van der Waals surface area (Å²) in [5.41, 5.74) is 5.10. The van der Waals surface area contributed by atoms with E-state index in [9.17, 15) is 9.59 Å². The molecule has 5 heteroatoms. The number of hydrogen-bond donors (Lipinski definition) is 1. The molecule has 3 aromatic carbocycles. The van der Waals surface area contributed by atoms with Gasteiger partial charge in [-0.25, -0.2) is 0 Å². The SMILES string of the molecule is Cc1cccc(C(=O)N2CCc3oc(-c4ccc(NC(=O)c5ccccc5)cc4)cc3C2)c1. The van der Waals surface area contributed by atoms with Crippen LogP contribution in [0.25, 0.3) is 11.3 Å². The van der Waals surface area contributed by atoms with Crippen LogP contribution in [0.2, 0.25) is 0 Å². The first-order valence-corrected chi connectivity index (χ1v) is 11.0. The van der Waals surface area contributed by atoms with Crippen LogP contribution in [0.5, 0.6) is 0 Å². The fourth-order valence-electron chi connectivity index (χ4n) is 4.12. The third-order valence-corrected chi connectivity index (χ3v) is 5.88. The number of furan rings is 1. The number of carbonyl (C=O) groups excluding carboxylic acids is 2. The zero-order valence-electron chi connectivity index (χ0n) is 18.4. The molecule has 164 valence electrons. The van der Waals surface area contributed by atoms with Crippen LogP contribution >= 0.6 is 0 Å². The van der Waals surface area contributed by atoms with E-state index in [0.29, 0.717) is 25.1 Å². The van der Waals surface area contributed by atoms with E-state index in [4.69, 9.17) is 4.42 Å². The van der Waals surface area contributed by atoms with Crippen LogP contribution < -0.4 is 5.32 Å². The van der Waals surface area contributed by atoms with Crippen molar-refractivity contribution < 1.29 is 14.0 Å². The van der Waals surface area contributed by atoms with E-state index in [-0.39, 0.29) is 11.8 Å². The summed E-state index contributed by atoms with van der Waals surface area (Å²) in [5.74, 6) is 1.60. The number of aryl methyl sites for hydroxylation is 1. The number of anilines is 1. The highest BCUT2D eigenvalue weighted by atomic mass is 16.3. The lowest BCUT2D eigenvalue weighted by Gasteiger charge is -2.26. The second kappa shape index (κ2) is 8.79. The van der Waals surface area contributed by atoms with Crippen LogP contribution in [0.15, 0.2) is 89.3 Å². The van der Waals surface area contributed by atoms with Gasteiger partial charge in [-0.15, -0.1) is 0 Å². The largest absolute Gasteiger partial charge is 0.461 e. The summed E-state index contributed by atoms with van der Waals surface area (Å²) in [6, 6.07) is 26.4. The summed E-state index contributed by atoms with van der Waals surface area (Å²) in [5, 5.41) is 2.91. The Morgan fingerprint density at radius 2 is 1.64 bits per heavy atom. The number of hydrogen-bond acceptors (Lipinski definition) is 3. The predicted octanol–water partition coefficient (Wildman–Crippen LogP) is 5.71. The molecule has 0 unspecified atom stereocenters.